The van der Waals surface area contributed by atoms with Gasteiger partial charge in [0, 0.05) is 11.2 Å². The normalized spacial score (nSPS) is 10.7. The first-order valence-corrected chi connectivity index (χ1v) is 4.75. The summed E-state index contributed by atoms with van der Waals surface area (Å²) in [5.41, 5.74) is 2.24. The van der Waals surface area contributed by atoms with Crippen molar-refractivity contribution in [3.63, 3.8) is 0 Å². The number of rotatable bonds is 2. The third-order valence-electron chi connectivity index (χ3n) is 1.76. The molecule has 2 heteroatoms. The van der Waals surface area contributed by atoms with Gasteiger partial charge in [-0.3, -0.25) is 0 Å². The zero-order valence-electron chi connectivity index (χ0n) is 8.96. The third-order valence-corrected chi connectivity index (χ3v) is 1.76. The SMILES string of the molecule is CC(C)(C)Nc1ccc(CC#N)cc1. The standard InChI is InChI=1S/C12H16N2/c1-12(2,3)14-11-6-4-10(5-7-11)8-9-13/h4-7,14H,8H2,1-3H3. The van der Waals surface area contributed by atoms with E-state index in [2.05, 4.69) is 32.2 Å². The second-order valence-corrected chi connectivity index (χ2v) is 4.41. The molecule has 2 nitrogen and oxygen atoms in total. The highest BCUT2D eigenvalue weighted by Gasteiger charge is 2.08. The molecule has 0 heterocycles. The van der Waals surface area contributed by atoms with Gasteiger partial charge in [-0.25, -0.2) is 0 Å². The van der Waals surface area contributed by atoms with E-state index >= 15 is 0 Å². The maximum Gasteiger partial charge on any atom is 0.0669 e. The molecule has 0 saturated carbocycles. The fourth-order valence-electron chi connectivity index (χ4n) is 1.23. The lowest BCUT2D eigenvalue weighted by Gasteiger charge is -2.22. The summed E-state index contributed by atoms with van der Waals surface area (Å²) in [4.78, 5) is 0. The molecule has 0 saturated heterocycles. The molecule has 0 bridgehead atoms. The maximum absolute atomic E-state index is 8.51. The first kappa shape index (κ1) is 10.6. The van der Waals surface area contributed by atoms with E-state index in [0.717, 1.165) is 11.3 Å². The smallest absolute Gasteiger partial charge is 0.0669 e. The Morgan fingerprint density at radius 1 is 1.21 bits per heavy atom. The van der Waals surface area contributed by atoms with Gasteiger partial charge in [0.1, 0.15) is 0 Å². The Labute approximate surface area is 85.6 Å². The molecular formula is C12H16N2. The van der Waals surface area contributed by atoms with E-state index in [1.807, 2.05) is 24.3 Å². The Bertz CT molecular complexity index is 325. The predicted octanol–water partition coefficient (Wildman–Crippen LogP) is 2.96. The summed E-state index contributed by atoms with van der Waals surface area (Å²) >= 11 is 0. The average molecular weight is 188 g/mol. The molecule has 74 valence electrons. The van der Waals surface area contributed by atoms with Crippen molar-refractivity contribution in [3.8, 4) is 6.07 Å². The summed E-state index contributed by atoms with van der Waals surface area (Å²) in [7, 11) is 0. The monoisotopic (exact) mass is 188 g/mol. The number of hydrogen-bond acceptors (Lipinski definition) is 2. The van der Waals surface area contributed by atoms with Gasteiger partial charge < -0.3 is 5.32 Å². The lowest BCUT2D eigenvalue weighted by molar-refractivity contribution is 0.634. The molecule has 0 aliphatic heterocycles. The molecule has 0 aromatic heterocycles. The van der Waals surface area contributed by atoms with Crippen LogP contribution in [0.25, 0.3) is 0 Å². The van der Waals surface area contributed by atoms with E-state index < -0.39 is 0 Å². The fourth-order valence-corrected chi connectivity index (χ4v) is 1.23. The number of nitriles is 1. The van der Waals surface area contributed by atoms with Gasteiger partial charge in [-0.15, -0.1) is 0 Å². The lowest BCUT2D eigenvalue weighted by Crippen LogP contribution is -2.25. The van der Waals surface area contributed by atoms with Gasteiger partial charge in [-0.05, 0) is 38.5 Å². The van der Waals surface area contributed by atoms with Gasteiger partial charge in [0.2, 0.25) is 0 Å². The van der Waals surface area contributed by atoms with E-state index in [1.54, 1.807) is 0 Å². The second kappa shape index (κ2) is 4.15. The van der Waals surface area contributed by atoms with Crippen molar-refractivity contribution in [3.05, 3.63) is 29.8 Å². The highest BCUT2D eigenvalue weighted by molar-refractivity contribution is 5.46. The Balaban J connectivity index is 2.70. The summed E-state index contributed by atoms with van der Waals surface area (Å²) in [6.07, 6.45) is 0.482. The second-order valence-electron chi connectivity index (χ2n) is 4.41. The van der Waals surface area contributed by atoms with Crippen LogP contribution < -0.4 is 5.32 Å². The van der Waals surface area contributed by atoms with Crippen molar-refractivity contribution < 1.29 is 0 Å². The molecule has 0 aliphatic rings. The third kappa shape index (κ3) is 3.49. The molecule has 0 aliphatic carbocycles. The molecule has 1 rings (SSSR count). The molecule has 0 amide bonds. The number of hydrogen-bond donors (Lipinski definition) is 1. The van der Waals surface area contributed by atoms with Crippen molar-refractivity contribution >= 4 is 5.69 Å². The number of benzene rings is 1. The molecule has 0 radical (unpaired) electrons. The number of nitrogens with one attached hydrogen (secondary N) is 1. The summed E-state index contributed by atoms with van der Waals surface area (Å²) in [5.74, 6) is 0. The topological polar surface area (TPSA) is 35.8 Å². The van der Waals surface area contributed by atoms with E-state index in [9.17, 15) is 0 Å². The van der Waals surface area contributed by atoms with Crippen LogP contribution in [-0.2, 0) is 6.42 Å². The van der Waals surface area contributed by atoms with Crippen LogP contribution in [0.15, 0.2) is 24.3 Å². The molecule has 0 fully saturated rings. The Hall–Kier alpha value is -1.49. The quantitative estimate of drug-likeness (QED) is 0.774. The summed E-state index contributed by atoms with van der Waals surface area (Å²) in [5, 5.41) is 11.9. The molecule has 0 spiro atoms. The van der Waals surface area contributed by atoms with Gasteiger partial charge in [-0.1, -0.05) is 12.1 Å². The van der Waals surface area contributed by atoms with Gasteiger partial charge in [-0.2, -0.15) is 5.26 Å². The van der Waals surface area contributed by atoms with E-state index in [0.29, 0.717) is 6.42 Å². The molecule has 14 heavy (non-hydrogen) atoms. The van der Waals surface area contributed by atoms with Crippen LogP contribution in [0.3, 0.4) is 0 Å². The molecule has 0 unspecified atom stereocenters. The van der Waals surface area contributed by atoms with Crippen molar-refractivity contribution in [1.29, 1.82) is 5.26 Å². The Kier molecular flexibility index (Phi) is 3.14. The average Bonchev–Trinajstić information content (AvgIpc) is 2.06. The first-order chi connectivity index (χ1) is 6.51. The molecule has 0 atom stereocenters. The minimum Gasteiger partial charge on any atom is -0.380 e. The largest absolute Gasteiger partial charge is 0.380 e. The summed E-state index contributed by atoms with van der Waals surface area (Å²) in [6, 6.07) is 10.1. The zero-order chi connectivity index (χ0) is 10.6. The van der Waals surface area contributed by atoms with Crippen LogP contribution in [0.4, 0.5) is 5.69 Å². The van der Waals surface area contributed by atoms with Gasteiger partial charge in [0.15, 0.2) is 0 Å². The predicted molar refractivity (Wildman–Crippen MR) is 59.1 cm³/mol. The Morgan fingerprint density at radius 3 is 2.21 bits per heavy atom. The maximum atomic E-state index is 8.51. The zero-order valence-corrected chi connectivity index (χ0v) is 8.96. The van der Waals surface area contributed by atoms with Gasteiger partial charge in [0.05, 0.1) is 12.5 Å². The van der Waals surface area contributed by atoms with Crippen molar-refractivity contribution in [2.24, 2.45) is 0 Å². The molecule has 1 aromatic rings. The van der Waals surface area contributed by atoms with E-state index in [-0.39, 0.29) is 5.54 Å². The fraction of sp³-hybridized carbons (Fsp3) is 0.417. The van der Waals surface area contributed by atoms with Gasteiger partial charge >= 0.3 is 0 Å². The van der Waals surface area contributed by atoms with E-state index in [1.165, 1.54) is 0 Å². The summed E-state index contributed by atoms with van der Waals surface area (Å²) in [6.45, 7) is 6.36. The highest BCUT2D eigenvalue weighted by Crippen LogP contribution is 2.15. The Morgan fingerprint density at radius 2 is 1.79 bits per heavy atom. The highest BCUT2D eigenvalue weighted by atomic mass is 14.9. The lowest BCUT2D eigenvalue weighted by atomic mass is 10.1. The van der Waals surface area contributed by atoms with Crippen molar-refractivity contribution in [1.82, 2.24) is 0 Å². The van der Waals surface area contributed by atoms with Gasteiger partial charge in [0.25, 0.3) is 0 Å². The molecular weight excluding hydrogens is 172 g/mol. The van der Waals surface area contributed by atoms with Crippen LogP contribution in [0.1, 0.15) is 26.3 Å². The number of anilines is 1. The van der Waals surface area contributed by atoms with E-state index in [4.69, 9.17) is 5.26 Å². The van der Waals surface area contributed by atoms with Crippen LogP contribution in [0, 0.1) is 11.3 Å². The van der Waals surface area contributed by atoms with Crippen molar-refractivity contribution in [2.45, 2.75) is 32.7 Å². The van der Waals surface area contributed by atoms with Crippen LogP contribution in [-0.4, -0.2) is 5.54 Å². The minimum absolute atomic E-state index is 0.0801. The van der Waals surface area contributed by atoms with Crippen LogP contribution in [0.5, 0.6) is 0 Å². The van der Waals surface area contributed by atoms with Crippen LogP contribution >= 0.6 is 0 Å². The molecule has 1 N–H and O–H groups in total. The summed E-state index contributed by atoms with van der Waals surface area (Å²) < 4.78 is 0. The first-order valence-electron chi connectivity index (χ1n) is 4.75. The minimum atomic E-state index is 0.0801. The molecule has 1 aromatic carbocycles. The number of nitrogens with zero attached hydrogens (tertiary/aromatic N) is 1. The van der Waals surface area contributed by atoms with Crippen LogP contribution in [0.2, 0.25) is 0 Å². The van der Waals surface area contributed by atoms with Crippen molar-refractivity contribution in [2.75, 3.05) is 5.32 Å².